The summed E-state index contributed by atoms with van der Waals surface area (Å²) in [6.45, 7) is 5.86. The van der Waals surface area contributed by atoms with Crippen molar-refractivity contribution in [3.8, 4) is 11.5 Å². The number of aromatic nitrogens is 2. The molecule has 0 aliphatic carbocycles. The summed E-state index contributed by atoms with van der Waals surface area (Å²) in [5.41, 5.74) is 4.21. The normalized spacial score (nSPS) is 12.5. The molecule has 0 bridgehead atoms. The van der Waals surface area contributed by atoms with Crippen LogP contribution in [0, 0.1) is 13.8 Å². The van der Waals surface area contributed by atoms with Crippen LogP contribution in [0.15, 0.2) is 48.5 Å². The van der Waals surface area contributed by atoms with Gasteiger partial charge in [-0.3, -0.25) is 0 Å². The summed E-state index contributed by atoms with van der Waals surface area (Å²) in [5, 5.41) is 6.60. The standard InChI is InChI=1S/C21H22N4O2/c1-14-3-5-16(6-4-14)13-22-21-23-15(2)11-20(25-21)24-17-7-8-18-19(12-17)27-10-9-26-18/h3-8,11-12H,9-10,13H2,1-2H3,(H2,22,23,24,25). The average Bonchev–Trinajstić information content (AvgIpc) is 2.67. The van der Waals surface area contributed by atoms with Gasteiger partial charge in [-0.1, -0.05) is 29.8 Å². The van der Waals surface area contributed by atoms with Crippen molar-refractivity contribution in [2.45, 2.75) is 20.4 Å². The van der Waals surface area contributed by atoms with Gasteiger partial charge in [0.2, 0.25) is 5.95 Å². The zero-order valence-corrected chi connectivity index (χ0v) is 15.5. The molecule has 27 heavy (non-hydrogen) atoms. The summed E-state index contributed by atoms with van der Waals surface area (Å²) in [7, 11) is 0. The van der Waals surface area contributed by atoms with Crippen molar-refractivity contribution in [3.05, 3.63) is 65.4 Å². The molecule has 6 heteroatoms. The molecule has 4 rings (SSSR count). The highest BCUT2D eigenvalue weighted by Crippen LogP contribution is 2.33. The Labute approximate surface area is 158 Å². The maximum atomic E-state index is 5.64. The molecule has 0 atom stereocenters. The van der Waals surface area contributed by atoms with Crippen LogP contribution in [-0.4, -0.2) is 23.2 Å². The summed E-state index contributed by atoms with van der Waals surface area (Å²) in [4.78, 5) is 9.04. The fourth-order valence-corrected chi connectivity index (χ4v) is 2.87. The number of rotatable bonds is 5. The number of nitrogens with zero attached hydrogens (tertiary/aromatic N) is 2. The van der Waals surface area contributed by atoms with Crippen LogP contribution in [0.3, 0.4) is 0 Å². The van der Waals surface area contributed by atoms with Gasteiger partial charge in [-0.15, -0.1) is 0 Å². The fourth-order valence-electron chi connectivity index (χ4n) is 2.87. The van der Waals surface area contributed by atoms with Gasteiger partial charge in [0.1, 0.15) is 19.0 Å². The number of hydrogen-bond acceptors (Lipinski definition) is 6. The van der Waals surface area contributed by atoms with E-state index in [1.165, 1.54) is 11.1 Å². The van der Waals surface area contributed by atoms with Crippen LogP contribution in [0.4, 0.5) is 17.5 Å². The third-order valence-corrected chi connectivity index (χ3v) is 4.24. The Kier molecular flexibility index (Phi) is 4.78. The second-order valence-corrected chi connectivity index (χ2v) is 6.54. The van der Waals surface area contributed by atoms with E-state index in [0.29, 0.717) is 25.7 Å². The molecule has 0 saturated heterocycles. The van der Waals surface area contributed by atoms with E-state index in [2.05, 4.69) is 51.8 Å². The monoisotopic (exact) mass is 362 g/mol. The lowest BCUT2D eigenvalue weighted by atomic mass is 10.1. The van der Waals surface area contributed by atoms with Crippen LogP contribution in [0.5, 0.6) is 11.5 Å². The lowest BCUT2D eigenvalue weighted by molar-refractivity contribution is 0.171. The Bertz CT molecular complexity index is 941. The summed E-state index contributed by atoms with van der Waals surface area (Å²) >= 11 is 0. The molecule has 2 heterocycles. The molecular formula is C21H22N4O2. The molecule has 3 aromatic rings. The molecule has 1 aromatic heterocycles. The van der Waals surface area contributed by atoms with Crippen LogP contribution >= 0.6 is 0 Å². The minimum atomic E-state index is 0.566. The summed E-state index contributed by atoms with van der Waals surface area (Å²) in [5.74, 6) is 2.84. The van der Waals surface area contributed by atoms with Gasteiger partial charge in [0.05, 0.1) is 0 Å². The first kappa shape index (κ1) is 17.1. The van der Waals surface area contributed by atoms with Gasteiger partial charge >= 0.3 is 0 Å². The molecule has 1 aliphatic heterocycles. The molecule has 138 valence electrons. The lowest BCUT2D eigenvalue weighted by Gasteiger charge is -2.19. The molecule has 0 spiro atoms. The number of nitrogens with one attached hydrogen (secondary N) is 2. The summed E-state index contributed by atoms with van der Waals surface area (Å²) < 4.78 is 11.2. The van der Waals surface area contributed by atoms with E-state index < -0.39 is 0 Å². The molecule has 6 nitrogen and oxygen atoms in total. The van der Waals surface area contributed by atoms with Gasteiger partial charge in [-0.25, -0.2) is 4.98 Å². The van der Waals surface area contributed by atoms with E-state index in [1.54, 1.807) is 0 Å². The Morgan fingerprint density at radius 2 is 1.67 bits per heavy atom. The van der Waals surface area contributed by atoms with Gasteiger partial charge in [-0.05, 0) is 31.5 Å². The van der Waals surface area contributed by atoms with E-state index in [0.717, 1.165) is 28.7 Å². The smallest absolute Gasteiger partial charge is 0.225 e. The molecule has 2 aromatic carbocycles. The lowest BCUT2D eigenvalue weighted by Crippen LogP contribution is -2.15. The second kappa shape index (κ2) is 7.53. The maximum Gasteiger partial charge on any atom is 0.225 e. The number of anilines is 3. The third kappa shape index (κ3) is 4.28. The first-order chi connectivity index (χ1) is 13.2. The van der Waals surface area contributed by atoms with Crippen LogP contribution < -0.4 is 20.1 Å². The summed E-state index contributed by atoms with van der Waals surface area (Å²) in [6.07, 6.45) is 0. The van der Waals surface area contributed by atoms with Crippen molar-refractivity contribution in [1.29, 1.82) is 0 Å². The Morgan fingerprint density at radius 3 is 2.48 bits per heavy atom. The van der Waals surface area contributed by atoms with E-state index in [1.807, 2.05) is 31.2 Å². The van der Waals surface area contributed by atoms with Crippen LogP contribution in [0.1, 0.15) is 16.8 Å². The van der Waals surface area contributed by atoms with Crippen molar-refractivity contribution in [2.24, 2.45) is 0 Å². The molecular weight excluding hydrogens is 340 g/mol. The largest absolute Gasteiger partial charge is 0.486 e. The van der Waals surface area contributed by atoms with Gasteiger partial charge < -0.3 is 20.1 Å². The number of ether oxygens (including phenoxy) is 2. The number of fused-ring (bicyclic) bond motifs is 1. The van der Waals surface area contributed by atoms with Gasteiger partial charge in [0.15, 0.2) is 11.5 Å². The summed E-state index contributed by atoms with van der Waals surface area (Å²) in [6, 6.07) is 16.1. The Balaban J connectivity index is 1.47. The maximum absolute atomic E-state index is 5.64. The van der Waals surface area contributed by atoms with Crippen LogP contribution in [-0.2, 0) is 6.54 Å². The molecule has 0 radical (unpaired) electrons. The van der Waals surface area contributed by atoms with Crippen molar-refractivity contribution in [3.63, 3.8) is 0 Å². The minimum Gasteiger partial charge on any atom is -0.486 e. The predicted molar refractivity (Wildman–Crippen MR) is 106 cm³/mol. The Hall–Kier alpha value is -3.28. The molecule has 0 unspecified atom stereocenters. The van der Waals surface area contributed by atoms with Gasteiger partial charge in [-0.2, -0.15) is 4.98 Å². The minimum absolute atomic E-state index is 0.566. The Morgan fingerprint density at radius 1 is 0.889 bits per heavy atom. The molecule has 2 N–H and O–H groups in total. The SMILES string of the molecule is Cc1ccc(CNc2nc(C)cc(Nc3ccc4c(c3)OCCO4)n2)cc1. The molecule has 0 amide bonds. The third-order valence-electron chi connectivity index (χ3n) is 4.24. The number of aryl methyl sites for hydroxylation is 2. The van der Waals surface area contributed by atoms with Crippen molar-refractivity contribution >= 4 is 17.5 Å². The number of benzene rings is 2. The quantitative estimate of drug-likeness (QED) is 0.708. The van der Waals surface area contributed by atoms with Crippen LogP contribution in [0.25, 0.3) is 0 Å². The first-order valence-corrected chi connectivity index (χ1v) is 8.97. The predicted octanol–water partition coefficient (Wildman–Crippen LogP) is 4.22. The van der Waals surface area contributed by atoms with Crippen molar-refractivity contribution < 1.29 is 9.47 Å². The molecule has 0 fully saturated rings. The van der Waals surface area contributed by atoms with E-state index in [-0.39, 0.29) is 0 Å². The molecule has 1 aliphatic rings. The van der Waals surface area contributed by atoms with Gasteiger partial charge in [0, 0.05) is 30.1 Å². The first-order valence-electron chi connectivity index (χ1n) is 8.97. The topological polar surface area (TPSA) is 68.3 Å². The zero-order chi connectivity index (χ0) is 18.6. The van der Waals surface area contributed by atoms with Crippen molar-refractivity contribution in [1.82, 2.24) is 9.97 Å². The van der Waals surface area contributed by atoms with Crippen molar-refractivity contribution in [2.75, 3.05) is 23.8 Å². The molecule has 0 saturated carbocycles. The average molecular weight is 362 g/mol. The highest BCUT2D eigenvalue weighted by Gasteiger charge is 2.12. The van der Waals surface area contributed by atoms with Crippen LogP contribution in [0.2, 0.25) is 0 Å². The highest BCUT2D eigenvalue weighted by molar-refractivity contribution is 5.62. The van der Waals surface area contributed by atoms with E-state index in [9.17, 15) is 0 Å². The zero-order valence-electron chi connectivity index (χ0n) is 15.5. The fraction of sp³-hybridized carbons (Fsp3) is 0.238. The van der Waals surface area contributed by atoms with E-state index >= 15 is 0 Å². The highest BCUT2D eigenvalue weighted by atomic mass is 16.6. The second-order valence-electron chi connectivity index (χ2n) is 6.54. The van der Waals surface area contributed by atoms with Gasteiger partial charge in [0.25, 0.3) is 0 Å². The number of hydrogen-bond donors (Lipinski definition) is 2. The van der Waals surface area contributed by atoms with E-state index in [4.69, 9.17) is 9.47 Å².